The minimum Gasteiger partial charge on any atom is -0.377 e. The zero-order valence-electron chi connectivity index (χ0n) is 31.7. The van der Waals surface area contributed by atoms with Crippen LogP contribution in [-0.2, 0) is 56.8 Å². The molecule has 2 fully saturated rings. The molecule has 4 rings (SSSR count). The van der Waals surface area contributed by atoms with Crippen molar-refractivity contribution in [3.63, 3.8) is 0 Å². The van der Waals surface area contributed by atoms with Gasteiger partial charge in [0, 0.05) is 60.8 Å². The van der Waals surface area contributed by atoms with Gasteiger partial charge in [0.15, 0.2) is 11.2 Å². The zero-order chi connectivity index (χ0) is 37.7. The third-order valence-electron chi connectivity index (χ3n) is 8.42. The number of carbonyl (C=O) groups excluding carboxylic acids is 1. The summed E-state index contributed by atoms with van der Waals surface area (Å²) < 4.78 is 67.9. The molecule has 0 amide bonds. The van der Waals surface area contributed by atoms with Crippen molar-refractivity contribution in [3.05, 3.63) is 45.6 Å². The third kappa shape index (κ3) is 18.4. The van der Waals surface area contributed by atoms with Crippen LogP contribution in [0.5, 0.6) is 0 Å². The number of ketones is 1. The molecule has 54 heavy (non-hydrogen) atoms. The van der Waals surface area contributed by atoms with Crippen LogP contribution in [0.4, 0.5) is 5.69 Å². The number of nitrogens with zero attached hydrogens (tertiary/aromatic N) is 2. The quantitative estimate of drug-likeness (QED) is 0.419. The van der Waals surface area contributed by atoms with Crippen LogP contribution in [-0.4, -0.2) is 195 Å². The molecular formula is C38H60N2O14. The SMILES string of the molecule is O=C1C=C(N2CCOCCOCCOCCOCCOCCOCC2)c2cc(=O)cc(N3CCOCCOCCOCCOCCOCCOCC3)cc21. The van der Waals surface area contributed by atoms with Crippen molar-refractivity contribution in [3.8, 4) is 0 Å². The van der Waals surface area contributed by atoms with Crippen molar-refractivity contribution in [2.24, 2.45) is 0 Å². The number of anilines is 1. The van der Waals surface area contributed by atoms with Crippen LogP contribution in [0.2, 0.25) is 0 Å². The Kier molecular flexibility index (Phi) is 23.5. The van der Waals surface area contributed by atoms with Crippen LogP contribution in [0.15, 0.2) is 29.1 Å². The van der Waals surface area contributed by atoms with Crippen molar-refractivity contribution in [1.29, 1.82) is 0 Å². The van der Waals surface area contributed by atoms with E-state index in [0.717, 1.165) is 0 Å². The number of fused-ring (bicyclic) bond motifs is 1. The minimum absolute atomic E-state index is 0.175. The molecule has 306 valence electrons. The molecule has 3 aliphatic rings. The average molecular weight is 769 g/mol. The average Bonchev–Trinajstić information content (AvgIpc) is 3.34. The summed E-state index contributed by atoms with van der Waals surface area (Å²) in [5.41, 5.74) is 2.08. The second-order valence-electron chi connectivity index (χ2n) is 12.3. The molecule has 16 nitrogen and oxygen atoms in total. The molecule has 1 aromatic rings. The molecule has 0 atom stereocenters. The van der Waals surface area contributed by atoms with Crippen molar-refractivity contribution in [2.45, 2.75) is 0 Å². The summed E-state index contributed by atoms with van der Waals surface area (Å²) in [4.78, 5) is 31.1. The molecule has 2 heterocycles. The van der Waals surface area contributed by atoms with Gasteiger partial charge in [0.05, 0.1) is 159 Å². The Morgan fingerprint density at radius 1 is 0.333 bits per heavy atom. The van der Waals surface area contributed by atoms with Crippen molar-refractivity contribution in [1.82, 2.24) is 4.90 Å². The van der Waals surface area contributed by atoms with Gasteiger partial charge in [-0.1, -0.05) is 0 Å². The number of carbonyl (C=O) groups is 1. The van der Waals surface area contributed by atoms with Gasteiger partial charge in [-0.25, -0.2) is 0 Å². The molecule has 0 aromatic heterocycles. The zero-order valence-corrected chi connectivity index (χ0v) is 31.7. The van der Waals surface area contributed by atoms with Crippen LogP contribution in [0.3, 0.4) is 0 Å². The molecule has 1 aromatic carbocycles. The highest BCUT2D eigenvalue weighted by Crippen LogP contribution is 2.31. The lowest BCUT2D eigenvalue weighted by Crippen LogP contribution is -2.32. The van der Waals surface area contributed by atoms with E-state index in [1.807, 2.05) is 9.80 Å². The number of ether oxygens (including phenoxy) is 12. The van der Waals surface area contributed by atoms with Crippen LogP contribution in [0, 0.1) is 0 Å². The fourth-order valence-electron chi connectivity index (χ4n) is 5.64. The van der Waals surface area contributed by atoms with E-state index in [2.05, 4.69) is 0 Å². The summed E-state index contributed by atoms with van der Waals surface area (Å²) in [6.45, 7) is 12.6. The van der Waals surface area contributed by atoms with Crippen LogP contribution >= 0.6 is 0 Å². The summed E-state index contributed by atoms with van der Waals surface area (Å²) in [6.07, 6.45) is 1.59. The van der Waals surface area contributed by atoms with E-state index in [0.29, 0.717) is 207 Å². The fraction of sp³-hybridized carbons (Fsp3) is 0.737. The second kappa shape index (κ2) is 28.8. The van der Waals surface area contributed by atoms with Crippen LogP contribution in [0.25, 0.3) is 5.70 Å². The van der Waals surface area contributed by atoms with E-state index in [9.17, 15) is 9.59 Å². The largest absolute Gasteiger partial charge is 0.377 e. The molecule has 0 spiro atoms. The molecular weight excluding hydrogens is 708 g/mol. The smallest absolute Gasteiger partial charge is 0.188 e. The van der Waals surface area contributed by atoms with Gasteiger partial charge in [-0.15, -0.1) is 0 Å². The first-order valence-electron chi connectivity index (χ1n) is 19.1. The minimum atomic E-state index is -0.221. The first-order valence-corrected chi connectivity index (χ1v) is 19.1. The van der Waals surface area contributed by atoms with Gasteiger partial charge in [-0.3, -0.25) is 9.59 Å². The van der Waals surface area contributed by atoms with Gasteiger partial charge in [0.2, 0.25) is 0 Å². The maximum absolute atomic E-state index is 13.6. The van der Waals surface area contributed by atoms with E-state index >= 15 is 0 Å². The monoisotopic (exact) mass is 768 g/mol. The summed E-state index contributed by atoms with van der Waals surface area (Å²) in [6, 6.07) is 4.89. The van der Waals surface area contributed by atoms with E-state index in [4.69, 9.17) is 56.8 Å². The van der Waals surface area contributed by atoms with E-state index in [-0.39, 0.29) is 11.2 Å². The Balaban J connectivity index is 1.42. The van der Waals surface area contributed by atoms with Gasteiger partial charge in [-0.2, -0.15) is 0 Å². The first-order chi connectivity index (χ1) is 26.7. The van der Waals surface area contributed by atoms with Gasteiger partial charge < -0.3 is 66.6 Å². The fourth-order valence-corrected chi connectivity index (χ4v) is 5.64. The Bertz CT molecular complexity index is 1210. The van der Waals surface area contributed by atoms with Gasteiger partial charge in [0.25, 0.3) is 0 Å². The van der Waals surface area contributed by atoms with Crippen LogP contribution < -0.4 is 10.3 Å². The number of rotatable bonds is 2. The summed E-state index contributed by atoms with van der Waals surface area (Å²) >= 11 is 0. The van der Waals surface area contributed by atoms with E-state index < -0.39 is 0 Å². The van der Waals surface area contributed by atoms with E-state index in [1.165, 1.54) is 6.07 Å². The van der Waals surface area contributed by atoms with Crippen molar-refractivity contribution >= 4 is 17.2 Å². The lowest BCUT2D eigenvalue weighted by atomic mass is 10.1. The molecule has 0 N–H and O–H groups in total. The number of hydrogen-bond acceptors (Lipinski definition) is 16. The second-order valence-corrected chi connectivity index (χ2v) is 12.3. The summed E-state index contributed by atoms with van der Waals surface area (Å²) in [7, 11) is 0. The lowest BCUT2D eigenvalue weighted by molar-refractivity contribution is -0.0152. The number of allylic oxidation sites excluding steroid dienone is 1. The molecule has 1 aliphatic carbocycles. The highest BCUT2D eigenvalue weighted by molar-refractivity contribution is 6.16. The van der Waals surface area contributed by atoms with E-state index in [1.54, 1.807) is 18.2 Å². The lowest BCUT2D eigenvalue weighted by Gasteiger charge is -2.26. The standard InChI is InChI=1S/C38H60N2O14/c41-34-29-33(39-1-5-43-9-13-47-17-21-51-25-26-52-22-18-48-14-10-44-6-2-39)30-36-35(31-34)37(32-38(36)42)40-3-7-45-11-15-49-19-23-53-27-28-54-24-20-50-16-12-46-8-4-40/h29-32H,1-28H2. The summed E-state index contributed by atoms with van der Waals surface area (Å²) in [5, 5.41) is 0. The molecule has 0 radical (unpaired) electrons. The highest BCUT2D eigenvalue weighted by atomic mass is 16.6. The topological polar surface area (TPSA) is 151 Å². The highest BCUT2D eigenvalue weighted by Gasteiger charge is 2.26. The normalized spacial score (nSPS) is 22.6. The number of hydrogen-bond donors (Lipinski definition) is 0. The van der Waals surface area contributed by atoms with Gasteiger partial charge in [-0.05, 0) is 12.1 Å². The van der Waals surface area contributed by atoms with Crippen molar-refractivity contribution < 1.29 is 61.6 Å². The summed E-state index contributed by atoms with van der Waals surface area (Å²) in [5.74, 6) is -0.175. The maximum atomic E-state index is 13.6. The van der Waals surface area contributed by atoms with Gasteiger partial charge >= 0.3 is 0 Å². The molecule has 2 aliphatic heterocycles. The Morgan fingerprint density at radius 3 is 0.963 bits per heavy atom. The molecule has 0 unspecified atom stereocenters. The van der Waals surface area contributed by atoms with Crippen molar-refractivity contribution in [2.75, 3.05) is 190 Å². The Labute approximate surface area is 318 Å². The predicted molar refractivity (Wildman–Crippen MR) is 199 cm³/mol. The Hall–Kier alpha value is -2.58. The first kappa shape index (κ1) is 44.1. The predicted octanol–water partition coefficient (Wildman–Crippen LogP) is 0.919. The molecule has 2 saturated heterocycles. The van der Waals surface area contributed by atoms with Crippen LogP contribution in [0.1, 0.15) is 15.9 Å². The Morgan fingerprint density at radius 2 is 0.630 bits per heavy atom. The maximum Gasteiger partial charge on any atom is 0.188 e. The molecule has 0 saturated carbocycles. The molecule has 16 heteroatoms. The van der Waals surface area contributed by atoms with Gasteiger partial charge in [0.1, 0.15) is 0 Å². The third-order valence-corrected chi connectivity index (χ3v) is 8.42. The molecule has 0 bridgehead atoms.